The summed E-state index contributed by atoms with van der Waals surface area (Å²) < 4.78 is 23.0. The molecule has 0 aliphatic rings. The molecule has 0 radical (unpaired) electrons. The van der Waals surface area contributed by atoms with Crippen molar-refractivity contribution in [2.45, 2.75) is 0 Å². The van der Waals surface area contributed by atoms with Crippen LogP contribution in [0, 0.1) is 0 Å². The van der Waals surface area contributed by atoms with Crippen molar-refractivity contribution in [3.8, 4) is 34.1 Å². The molecule has 0 saturated carbocycles. The number of fused-ring (bicyclic) bond motifs is 1. The predicted octanol–water partition coefficient (Wildman–Crippen LogP) is 5.12. The molecule has 0 unspecified atom stereocenters. The van der Waals surface area contributed by atoms with Gasteiger partial charge in [-0.05, 0) is 41.3 Å². The van der Waals surface area contributed by atoms with E-state index in [1.54, 1.807) is 54.6 Å². The van der Waals surface area contributed by atoms with Gasteiger partial charge in [0.15, 0.2) is 11.5 Å². The Morgan fingerprint density at radius 1 is 0.853 bits per heavy atom. The summed E-state index contributed by atoms with van der Waals surface area (Å²) in [6.07, 6.45) is 0. The molecular weight excluding hydrogens is 458 g/mol. The molecule has 0 saturated heterocycles. The third-order valence-corrected chi connectivity index (χ3v) is 5.82. The van der Waals surface area contributed by atoms with Crippen LogP contribution in [-0.2, 0) is 4.74 Å². The quantitative estimate of drug-likeness (QED) is 0.357. The van der Waals surface area contributed by atoms with E-state index in [2.05, 4.69) is 0 Å². The Bertz CT molecular complexity index is 1420. The number of hydrogen-bond acceptors (Lipinski definition) is 6. The molecule has 0 aliphatic carbocycles. The molecule has 4 aromatic rings. The maximum Gasteiger partial charge on any atom is 0.355 e. The van der Waals surface area contributed by atoms with Gasteiger partial charge in [-0.25, -0.2) is 4.79 Å². The summed E-state index contributed by atoms with van der Waals surface area (Å²) in [5, 5.41) is 1.01. The molecule has 0 spiro atoms. The minimum absolute atomic E-state index is 0.0442. The fourth-order valence-electron chi connectivity index (χ4n) is 4.03. The first-order valence-corrected chi connectivity index (χ1v) is 10.7. The van der Waals surface area contributed by atoms with E-state index in [9.17, 15) is 9.59 Å². The van der Waals surface area contributed by atoms with E-state index in [0.717, 1.165) is 0 Å². The molecule has 4 rings (SSSR count). The molecule has 0 atom stereocenters. The predicted molar refractivity (Wildman–Crippen MR) is 131 cm³/mol. The Labute approximate surface area is 201 Å². The average Bonchev–Trinajstić information content (AvgIpc) is 2.87. The number of aromatic nitrogens is 1. The lowest BCUT2D eigenvalue weighted by molar-refractivity contribution is 0.0591. The van der Waals surface area contributed by atoms with Gasteiger partial charge in [0.1, 0.15) is 5.69 Å². The van der Waals surface area contributed by atoms with Gasteiger partial charge < -0.3 is 18.9 Å². The van der Waals surface area contributed by atoms with Crippen LogP contribution in [0.5, 0.6) is 17.2 Å². The standard InChI is InChI=1S/C26H22ClNO6/c1-31-19-13-15(14-20(32-2)24(19)33-3)21-17-11-8-12-18(27)22(17)25(29)28(23(21)26(30)34-4)16-9-6-5-7-10-16/h5-14H,1-4H3. The van der Waals surface area contributed by atoms with E-state index < -0.39 is 11.5 Å². The number of carbonyl (C=O) groups excluding carboxylic acids is 1. The van der Waals surface area contributed by atoms with Crippen molar-refractivity contribution >= 4 is 28.3 Å². The number of para-hydroxylation sites is 1. The Morgan fingerprint density at radius 3 is 2.06 bits per heavy atom. The Kier molecular flexibility index (Phi) is 6.47. The minimum atomic E-state index is -0.688. The second-order valence-electron chi connectivity index (χ2n) is 7.27. The fourth-order valence-corrected chi connectivity index (χ4v) is 4.29. The molecule has 0 bridgehead atoms. The number of nitrogens with zero attached hydrogens (tertiary/aromatic N) is 1. The lowest BCUT2D eigenvalue weighted by Gasteiger charge is -2.20. The third kappa shape index (κ3) is 3.74. The van der Waals surface area contributed by atoms with Gasteiger partial charge in [0.05, 0.1) is 38.8 Å². The van der Waals surface area contributed by atoms with Crippen molar-refractivity contribution in [1.29, 1.82) is 0 Å². The van der Waals surface area contributed by atoms with Crippen molar-refractivity contribution < 1.29 is 23.7 Å². The number of pyridine rings is 1. The molecule has 34 heavy (non-hydrogen) atoms. The van der Waals surface area contributed by atoms with E-state index in [1.807, 2.05) is 6.07 Å². The summed E-state index contributed by atoms with van der Waals surface area (Å²) in [5.41, 5.74) is 1.08. The van der Waals surface area contributed by atoms with Crippen molar-refractivity contribution in [2.24, 2.45) is 0 Å². The Morgan fingerprint density at radius 2 is 1.50 bits per heavy atom. The van der Waals surface area contributed by atoms with E-state index in [1.165, 1.54) is 33.0 Å². The van der Waals surface area contributed by atoms with Gasteiger partial charge in [-0.1, -0.05) is 41.9 Å². The van der Waals surface area contributed by atoms with Crippen LogP contribution in [0.15, 0.2) is 65.5 Å². The number of rotatable bonds is 6. The second kappa shape index (κ2) is 9.49. The molecule has 8 heteroatoms. The molecule has 1 aromatic heterocycles. The topological polar surface area (TPSA) is 76.0 Å². The van der Waals surface area contributed by atoms with Crippen molar-refractivity contribution in [1.82, 2.24) is 4.57 Å². The zero-order valence-corrected chi connectivity index (χ0v) is 19.8. The van der Waals surface area contributed by atoms with Gasteiger partial charge >= 0.3 is 5.97 Å². The molecule has 0 N–H and O–H groups in total. The van der Waals surface area contributed by atoms with Crippen LogP contribution in [0.4, 0.5) is 0 Å². The molecule has 1 heterocycles. The van der Waals surface area contributed by atoms with Crippen LogP contribution in [0.1, 0.15) is 10.5 Å². The van der Waals surface area contributed by atoms with Crippen LogP contribution in [0.25, 0.3) is 27.6 Å². The highest BCUT2D eigenvalue weighted by molar-refractivity contribution is 6.36. The number of carbonyl (C=O) groups is 1. The summed E-state index contributed by atoms with van der Waals surface area (Å²) in [6, 6.07) is 17.4. The maximum absolute atomic E-state index is 13.7. The van der Waals surface area contributed by atoms with E-state index in [-0.39, 0.29) is 16.1 Å². The lowest BCUT2D eigenvalue weighted by Crippen LogP contribution is -2.27. The van der Waals surface area contributed by atoms with E-state index in [4.69, 9.17) is 30.5 Å². The summed E-state index contributed by atoms with van der Waals surface area (Å²) >= 11 is 6.51. The van der Waals surface area contributed by atoms with Crippen LogP contribution < -0.4 is 19.8 Å². The monoisotopic (exact) mass is 479 g/mol. The highest BCUT2D eigenvalue weighted by atomic mass is 35.5. The van der Waals surface area contributed by atoms with Gasteiger partial charge in [-0.3, -0.25) is 9.36 Å². The summed E-state index contributed by atoms with van der Waals surface area (Å²) in [4.78, 5) is 26.9. The van der Waals surface area contributed by atoms with Crippen LogP contribution in [-0.4, -0.2) is 39.0 Å². The fraction of sp³-hybridized carbons (Fsp3) is 0.154. The number of ether oxygens (including phenoxy) is 4. The van der Waals surface area contributed by atoms with Gasteiger partial charge in [-0.15, -0.1) is 0 Å². The number of benzene rings is 3. The van der Waals surface area contributed by atoms with Crippen LogP contribution in [0.3, 0.4) is 0 Å². The normalized spacial score (nSPS) is 10.7. The highest BCUT2D eigenvalue weighted by Crippen LogP contribution is 2.44. The zero-order valence-electron chi connectivity index (χ0n) is 19.0. The van der Waals surface area contributed by atoms with Crippen LogP contribution in [0.2, 0.25) is 5.02 Å². The van der Waals surface area contributed by atoms with Crippen LogP contribution >= 0.6 is 11.6 Å². The molecule has 7 nitrogen and oxygen atoms in total. The number of esters is 1. The first kappa shape index (κ1) is 23.2. The molecular formula is C26H22ClNO6. The first-order chi connectivity index (χ1) is 16.5. The molecule has 0 fully saturated rings. The van der Waals surface area contributed by atoms with Gasteiger partial charge in [0, 0.05) is 11.3 Å². The molecule has 174 valence electrons. The Hall–Kier alpha value is -3.97. The van der Waals surface area contributed by atoms with E-state index in [0.29, 0.717) is 39.4 Å². The van der Waals surface area contributed by atoms with Crippen molar-refractivity contribution in [3.63, 3.8) is 0 Å². The average molecular weight is 480 g/mol. The number of hydrogen-bond donors (Lipinski definition) is 0. The first-order valence-electron chi connectivity index (χ1n) is 10.3. The van der Waals surface area contributed by atoms with Gasteiger partial charge in [-0.2, -0.15) is 0 Å². The zero-order chi connectivity index (χ0) is 24.4. The largest absolute Gasteiger partial charge is 0.493 e. The van der Waals surface area contributed by atoms with Crippen molar-refractivity contribution in [3.05, 3.63) is 81.7 Å². The number of halogens is 1. The summed E-state index contributed by atoms with van der Waals surface area (Å²) in [7, 11) is 5.78. The highest BCUT2D eigenvalue weighted by Gasteiger charge is 2.27. The molecule has 3 aromatic carbocycles. The summed E-state index contributed by atoms with van der Waals surface area (Å²) in [5.74, 6) is 0.485. The second-order valence-corrected chi connectivity index (χ2v) is 7.67. The van der Waals surface area contributed by atoms with E-state index >= 15 is 0 Å². The summed E-state index contributed by atoms with van der Waals surface area (Å²) in [6.45, 7) is 0. The van der Waals surface area contributed by atoms with Gasteiger partial charge in [0.2, 0.25) is 5.75 Å². The lowest BCUT2D eigenvalue weighted by atomic mass is 9.95. The smallest absolute Gasteiger partial charge is 0.355 e. The molecule has 0 amide bonds. The molecule has 0 aliphatic heterocycles. The Balaban J connectivity index is 2.27. The maximum atomic E-state index is 13.7. The van der Waals surface area contributed by atoms with Crippen molar-refractivity contribution in [2.75, 3.05) is 28.4 Å². The third-order valence-electron chi connectivity index (χ3n) is 5.51. The SMILES string of the molecule is COC(=O)c1c(-c2cc(OC)c(OC)c(OC)c2)c2cccc(Cl)c2c(=O)n1-c1ccccc1. The number of methoxy groups -OCH3 is 4. The minimum Gasteiger partial charge on any atom is -0.493 e. The van der Waals surface area contributed by atoms with Gasteiger partial charge in [0.25, 0.3) is 5.56 Å².